The van der Waals surface area contributed by atoms with Gasteiger partial charge in [0.25, 0.3) is 5.91 Å². The number of aromatic nitrogens is 3. The van der Waals surface area contributed by atoms with Crippen LogP contribution >= 0.6 is 11.3 Å². The van der Waals surface area contributed by atoms with Gasteiger partial charge in [-0.15, -0.1) is 0 Å². The van der Waals surface area contributed by atoms with Gasteiger partial charge in [-0.2, -0.15) is 5.10 Å². The molecular formula is C21H27N5O2S. The topological polar surface area (TPSA) is 63.5 Å². The Morgan fingerprint density at radius 1 is 1.24 bits per heavy atom. The van der Waals surface area contributed by atoms with Crippen LogP contribution in [0.2, 0.25) is 0 Å². The number of thiazole rings is 1. The van der Waals surface area contributed by atoms with Crippen molar-refractivity contribution in [1.29, 1.82) is 0 Å². The van der Waals surface area contributed by atoms with Gasteiger partial charge in [0.2, 0.25) is 0 Å². The molecule has 0 unspecified atom stereocenters. The lowest BCUT2D eigenvalue weighted by atomic mass is 10.2. The first-order valence-electron chi connectivity index (χ1n) is 10.2. The fraction of sp³-hybridized carbons (Fsp3) is 0.476. The second-order valence-electron chi connectivity index (χ2n) is 7.12. The SMILES string of the molecule is CCc1ccc2nc(N(CCN3CCOCC3)C(=O)c3ccn(CC)n3)sc2c1. The summed E-state index contributed by atoms with van der Waals surface area (Å²) in [6, 6.07) is 8.11. The molecule has 1 fully saturated rings. The van der Waals surface area contributed by atoms with Crippen LogP contribution in [0.5, 0.6) is 0 Å². The summed E-state index contributed by atoms with van der Waals surface area (Å²) in [5.74, 6) is -0.0970. The van der Waals surface area contributed by atoms with Crippen LogP contribution in [0.25, 0.3) is 10.2 Å². The van der Waals surface area contributed by atoms with Crippen LogP contribution in [-0.4, -0.2) is 65.0 Å². The molecule has 0 saturated carbocycles. The van der Waals surface area contributed by atoms with E-state index < -0.39 is 0 Å². The van der Waals surface area contributed by atoms with Crippen molar-refractivity contribution in [3.63, 3.8) is 0 Å². The number of morpholine rings is 1. The van der Waals surface area contributed by atoms with Gasteiger partial charge in [-0.1, -0.05) is 24.3 Å². The van der Waals surface area contributed by atoms with E-state index >= 15 is 0 Å². The minimum absolute atomic E-state index is 0.0970. The van der Waals surface area contributed by atoms with E-state index in [0.29, 0.717) is 12.2 Å². The van der Waals surface area contributed by atoms with E-state index in [-0.39, 0.29) is 5.91 Å². The van der Waals surface area contributed by atoms with E-state index in [1.165, 1.54) is 5.56 Å². The van der Waals surface area contributed by atoms with Crippen molar-refractivity contribution in [2.24, 2.45) is 0 Å². The number of aryl methyl sites for hydroxylation is 2. The number of amides is 1. The Bertz CT molecular complexity index is 977. The molecule has 1 amide bonds. The van der Waals surface area contributed by atoms with Gasteiger partial charge in [-0.3, -0.25) is 19.3 Å². The quantitative estimate of drug-likeness (QED) is 0.596. The molecule has 3 aromatic rings. The molecule has 8 heteroatoms. The molecule has 0 radical (unpaired) electrons. The third-order valence-corrected chi connectivity index (χ3v) is 6.29. The number of hydrogen-bond donors (Lipinski definition) is 0. The number of carbonyl (C=O) groups is 1. The van der Waals surface area contributed by atoms with Crippen molar-refractivity contribution in [1.82, 2.24) is 19.7 Å². The summed E-state index contributed by atoms with van der Waals surface area (Å²) in [6.45, 7) is 9.55. The van der Waals surface area contributed by atoms with Crippen LogP contribution < -0.4 is 4.90 Å². The average Bonchev–Trinajstić information content (AvgIpc) is 3.41. The second kappa shape index (κ2) is 9.02. The highest BCUT2D eigenvalue weighted by Crippen LogP contribution is 2.30. The summed E-state index contributed by atoms with van der Waals surface area (Å²) in [4.78, 5) is 22.2. The minimum Gasteiger partial charge on any atom is -0.379 e. The highest BCUT2D eigenvalue weighted by Gasteiger charge is 2.24. The van der Waals surface area contributed by atoms with Crippen molar-refractivity contribution in [3.05, 3.63) is 41.7 Å². The number of anilines is 1. The number of rotatable bonds is 7. The van der Waals surface area contributed by atoms with Gasteiger partial charge in [0.15, 0.2) is 10.8 Å². The molecule has 0 aliphatic carbocycles. The third-order valence-electron chi connectivity index (χ3n) is 5.25. The van der Waals surface area contributed by atoms with E-state index in [0.717, 1.165) is 61.2 Å². The molecule has 7 nitrogen and oxygen atoms in total. The molecule has 0 N–H and O–H groups in total. The molecule has 1 saturated heterocycles. The number of fused-ring (bicyclic) bond motifs is 1. The first-order chi connectivity index (χ1) is 14.2. The Labute approximate surface area is 174 Å². The van der Waals surface area contributed by atoms with Crippen LogP contribution in [-0.2, 0) is 17.7 Å². The maximum Gasteiger partial charge on any atom is 0.280 e. The van der Waals surface area contributed by atoms with Crippen molar-refractivity contribution in [2.45, 2.75) is 26.8 Å². The van der Waals surface area contributed by atoms with Crippen LogP contribution in [0, 0.1) is 0 Å². The second-order valence-corrected chi connectivity index (χ2v) is 8.13. The van der Waals surface area contributed by atoms with E-state index in [2.05, 4.69) is 29.1 Å². The molecule has 1 aliphatic rings. The van der Waals surface area contributed by atoms with Crippen LogP contribution in [0.4, 0.5) is 5.13 Å². The monoisotopic (exact) mass is 413 g/mol. The van der Waals surface area contributed by atoms with Crippen LogP contribution in [0.1, 0.15) is 29.9 Å². The van der Waals surface area contributed by atoms with E-state index in [9.17, 15) is 4.79 Å². The van der Waals surface area contributed by atoms with Crippen molar-refractivity contribution >= 4 is 32.6 Å². The average molecular weight is 414 g/mol. The van der Waals surface area contributed by atoms with Gasteiger partial charge in [0.1, 0.15) is 0 Å². The lowest BCUT2D eigenvalue weighted by Gasteiger charge is -2.29. The smallest absolute Gasteiger partial charge is 0.280 e. The predicted octanol–water partition coefficient (Wildman–Crippen LogP) is 3.05. The van der Waals surface area contributed by atoms with Gasteiger partial charge in [0.05, 0.1) is 23.4 Å². The zero-order valence-corrected chi connectivity index (χ0v) is 17.8. The molecule has 3 heterocycles. The molecule has 2 aromatic heterocycles. The first kappa shape index (κ1) is 20.0. The molecule has 0 bridgehead atoms. The summed E-state index contributed by atoms with van der Waals surface area (Å²) in [6.07, 6.45) is 2.83. The first-order valence-corrected chi connectivity index (χ1v) is 11.0. The summed E-state index contributed by atoms with van der Waals surface area (Å²) in [5.41, 5.74) is 2.67. The molecule has 29 heavy (non-hydrogen) atoms. The number of hydrogen-bond acceptors (Lipinski definition) is 6. The van der Waals surface area contributed by atoms with Gasteiger partial charge >= 0.3 is 0 Å². The Hall–Kier alpha value is -2.29. The highest BCUT2D eigenvalue weighted by atomic mass is 32.1. The number of nitrogens with zero attached hydrogens (tertiary/aromatic N) is 5. The maximum absolute atomic E-state index is 13.3. The summed E-state index contributed by atoms with van der Waals surface area (Å²) >= 11 is 1.57. The lowest BCUT2D eigenvalue weighted by molar-refractivity contribution is 0.0391. The van der Waals surface area contributed by atoms with Crippen molar-refractivity contribution in [2.75, 3.05) is 44.3 Å². The van der Waals surface area contributed by atoms with Gasteiger partial charge < -0.3 is 4.74 Å². The van der Waals surface area contributed by atoms with Gasteiger partial charge in [-0.25, -0.2) is 4.98 Å². The summed E-state index contributed by atoms with van der Waals surface area (Å²) in [7, 11) is 0. The van der Waals surface area contributed by atoms with E-state index in [4.69, 9.17) is 9.72 Å². The Morgan fingerprint density at radius 2 is 2.07 bits per heavy atom. The Morgan fingerprint density at radius 3 is 2.79 bits per heavy atom. The Kier molecular flexibility index (Phi) is 6.22. The largest absolute Gasteiger partial charge is 0.379 e. The zero-order chi connectivity index (χ0) is 20.2. The molecule has 1 aromatic carbocycles. The van der Waals surface area contributed by atoms with Crippen molar-refractivity contribution in [3.8, 4) is 0 Å². The third kappa shape index (κ3) is 4.49. The van der Waals surface area contributed by atoms with E-state index in [1.54, 1.807) is 27.0 Å². The fourth-order valence-corrected chi connectivity index (χ4v) is 4.49. The fourth-order valence-electron chi connectivity index (χ4n) is 3.43. The lowest BCUT2D eigenvalue weighted by Crippen LogP contribution is -2.43. The number of benzene rings is 1. The van der Waals surface area contributed by atoms with Gasteiger partial charge in [0, 0.05) is 38.9 Å². The molecule has 4 rings (SSSR count). The maximum atomic E-state index is 13.3. The summed E-state index contributed by atoms with van der Waals surface area (Å²) in [5, 5.41) is 5.15. The molecule has 0 atom stereocenters. The normalized spacial score (nSPS) is 15.1. The highest BCUT2D eigenvalue weighted by molar-refractivity contribution is 7.22. The molecule has 154 valence electrons. The summed E-state index contributed by atoms with van der Waals surface area (Å²) < 4.78 is 8.33. The van der Waals surface area contributed by atoms with Crippen molar-refractivity contribution < 1.29 is 9.53 Å². The number of ether oxygens (including phenoxy) is 1. The number of carbonyl (C=O) groups excluding carboxylic acids is 1. The molecule has 0 spiro atoms. The predicted molar refractivity (Wildman–Crippen MR) is 116 cm³/mol. The molecule has 1 aliphatic heterocycles. The molecular weight excluding hydrogens is 386 g/mol. The zero-order valence-electron chi connectivity index (χ0n) is 17.0. The standard InChI is InChI=1S/C21H27N5O2S/c1-3-16-5-6-17-19(15-16)29-21(22-17)26(10-9-24-11-13-28-14-12-24)20(27)18-7-8-25(4-2)23-18/h5-8,15H,3-4,9-14H2,1-2H3. The van der Waals surface area contributed by atoms with Crippen LogP contribution in [0.3, 0.4) is 0 Å². The van der Waals surface area contributed by atoms with Crippen LogP contribution in [0.15, 0.2) is 30.5 Å². The minimum atomic E-state index is -0.0970. The van der Waals surface area contributed by atoms with E-state index in [1.807, 2.05) is 19.2 Å². The van der Waals surface area contributed by atoms with Gasteiger partial charge in [-0.05, 0) is 37.1 Å². The Balaban J connectivity index is 1.62.